The van der Waals surface area contributed by atoms with Crippen molar-refractivity contribution in [3.8, 4) is 0 Å². The van der Waals surface area contributed by atoms with Gasteiger partial charge in [0.05, 0.1) is 17.5 Å². The molecule has 132 valence electrons. The van der Waals surface area contributed by atoms with Gasteiger partial charge >= 0.3 is 0 Å². The summed E-state index contributed by atoms with van der Waals surface area (Å²) in [6.07, 6.45) is 9.54. The number of halogens is 1. The zero-order chi connectivity index (χ0) is 17.2. The fourth-order valence-corrected chi connectivity index (χ4v) is 3.98. The van der Waals surface area contributed by atoms with Crippen LogP contribution in [0.15, 0.2) is 23.3 Å². The van der Waals surface area contributed by atoms with Crippen molar-refractivity contribution in [1.82, 2.24) is 19.9 Å². The lowest BCUT2D eigenvalue weighted by molar-refractivity contribution is 0.237. The number of hydrogen-bond acceptors (Lipinski definition) is 4. The van der Waals surface area contributed by atoms with Crippen molar-refractivity contribution in [3.63, 3.8) is 0 Å². The van der Waals surface area contributed by atoms with Gasteiger partial charge in [-0.2, -0.15) is 0 Å². The zero-order valence-corrected chi connectivity index (χ0v) is 14.3. The van der Waals surface area contributed by atoms with E-state index in [4.69, 9.17) is 4.98 Å². The van der Waals surface area contributed by atoms with E-state index in [2.05, 4.69) is 14.9 Å². The molecule has 0 radical (unpaired) electrons. The number of rotatable bonds is 3. The van der Waals surface area contributed by atoms with Gasteiger partial charge in [-0.15, -0.1) is 0 Å². The van der Waals surface area contributed by atoms with E-state index < -0.39 is 0 Å². The summed E-state index contributed by atoms with van der Waals surface area (Å²) in [5, 5.41) is 0. The van der Waals surface area contributed by atoms with Crippen molar-refractivity contribution in [2.75, 3.05) is 6.54 Å². The molecule has 25 heavy (non-hydrogen) atoms. The average Bonchev–Trinajstić information content (AvgIpc) is 2.65. The Morgan fingerprint density at radius 2 is 2.12 bits per heavy atom. The predicted octanol–water partition coefficient (Wildman–Crippen LogP) is 2.91. The van der Waals surface area contributed by atoms with Crippen LogP contribution in [-0.2, 0) is 19.5 Å². The molecule has 3 heterocycles. The van der Waals surface area contributed by atoms with Crippen LogP contribution < -0.4 is 5.56 Å². The Morgan fingerprint density at radius 3 is 2.92 bits per heavy atom. The molecule has 1 fully saturated rings. The zero-order valence-electron chi connectivity index (χ0n) is 14.3. The standard InChI is InChI=1S/C19H23FN4O/c20-16-10-21-8-6-14(16)11-24-9-7-17-15(12-24)19(25)23-18(22-17)13-4-2-1-3-5-13/h6,8,10,13H,1-5,7,9,11-12H2,(H,22,23,25). The maximum Gasteiger partial charge on any atom is 0.255 e. The molecule has 1 N–H and O–H groups in total. The molecule has 0 unspecified atom stereocenters. The third-order valence-electron chi connectivity index (χ3n) is 5.41. The Balaban J connectivity index is 1.53. The average molecular weight is 342 g/mol. The second-order valence-electron chi connectivity index (χ2n) is 7.14. The molecule has 0 amide bonds. The number of aromatic nitrogens is 3. The van der Waals surface area contributed by atoms with Gasteiger partial charge in [0.25, 0.3) is 5.56 Å². The van der Waals surface area contributed by atoms with Crippen LogP contribution in [0.4, 0.5) is 4.39 Å². The first-order valence-electron chi connectivity index (χ1n) is 9.13. The number of aromatic amines is 1. The van der Waals surface area contributed by atoms with Gasteiger partial charge in [0.2, 0.25) is 0 Å². The summed E-state index contributed by atoms with van der Waals surface area (Å²) in [6, 6.07) is 1.69. The number of fused-ring (bicyclic) bond motifs is 1. The van der Waals surface area contributed by atoms with E-state index in [-0.39, 0.29) is 11.4 Å². The minimum absolute atomic E-state index is 0.0227. The molecule has 5 nitrogen and oxygen atoms in total. The normalized spacial score (nSPS) is 18.9. The second kappa shape index (κ2) is 7.04. The fourth-order valence-electron chi connectivity index (χ4n) is 3.98. The van der Waals surface area contributed by atoms with E-state index in [1.165, 1.54) is 25.5 Å². The molecule has 2 aromatic heterocycles. The van der Waals surface area contributed by atoms with E-state index in [0.717, 1.165) is 42.9 Å². The minimum Gasteiger partial charge on any atom is -0.310 e. The molecule has 0 spiro atoms. The quantitative estimate of drug-likeness (QED) is 0.932. The summed E-state index contributed by atoms with van der Waals surface area (Å²) in [4.78, 5) is 26.3. The SMILES string of the molecule is O=c1[nH]c(C2CCCCC2)nc2c1CN(Cc1ccncc1F)CC2. The first-order valence-corrected chi connectivity index (χ1v) is 9.13. The van der Waals surface area contributed by atoms with E-state index in [1.54, 1.807) is 12.3 Å². The molecule has 4 rings (SSSR count). The number of pyridine rings is 1. The van der Waals surface area contributed by atoms with Crippen molar-refractivity contribution in [3.05, 3.63) is 57.3 Å². The third kappa shape index (κ3) is 3.49. The second-order valence-corrected chi connectivity index (χ2v) is 7.14. The Hall–Kier alpha value is -2.08. The molecule has 0 saturated heterocycles. The number of nitrogens with one attached hydrogen (secondary N) is 1. The summed E-state index contributed by atoms with van der Waals surface area (Å²) in [6.45, 7) is 1.79. The molecular formula is C19H23FN4O. The molecule has 0 aromatic carbocycles. The van der Waals surface area contributed by atoms with Gasteiger partial charge in [0.15, 0.2) is 0 Å². The molecule has 1 saturated carbocycles. The van der Waals surface area contributed by atoms with Gasteiger partial charge in [-0.1, -0.05) is 19.3 Å². The summed E-state index contributed by atoms with van der Waals surface area (Å²) in [5.74, 6) is 0.973. The van der Waals surface area contributed by atoms with Gasteiger partial charge < -0.3 is 4.98 Å². The molecule has 1 aliphatic heterocycles. The van der Waals surface area contributed by atoms with E-state index >= 15 is 0 Å². The molecule has 2 aliphatic rings. The minimum atomic E-state index is -0.298. The topological polar surface area (TPSA) is 61.9 Å². The Kier molecular flexibility index (Phi) is 4.61. The first-order chi connectivity index (χ1) is 12.2. The van der Waals surface area contributed by atoms with Crippen LogP contribution in [0.3, 0.4) is 0 Å². The van der Waals surface area contributed by atoms with Crippen molar-refractivity contribution in [2.24, 2.45) is 0 Å². The van der Waals surface area contributed by atoms with E-state index in [9.17, 15) is 9.18 Å². The summed E-state index contributed by atoms with van der Waals surface area (Å²) in [7, 11) is 0. The summed E-state index contributed by atoms with van der Waals surface area (Å²) < 4.78 is 13.8. The predicted molar refractivity (Wildman–Crippen MR) is 92.7 cm³/mol. The Labute approximate surface area is 146 Å². The number of nitrogens with zero attached hydrogens (tertiary/aromatic N) is 3. The largest absolute Gasteiger partial charge is 0.310 e. The molecule has 6 heteroatoms. The molecule has 2 aromatic rings. The molecule has 0 atom stereocenters. The van der Waals surface area contributed by atoms with Crippen LogP contribution in [0.2, 0.25) is 0 Å². The maximum absolute atomic E-state index is 13.8. The Bertz CT molecular complexity index is 813. The van der Waals surface area contributed by atoms with Gasteiger partial charge in [0.1, 0.15) is 11.6 Å². The summed E-state index contributed by atoms with van der Waals surface area (Å²) in [5.41, 5.74) is 2.25. The summed E-state index contributed by atoms with van der Waals surface area (Å²) >= 11 is 0. The van der Waals surface area contributed by atoms with Crippen molar-refractivity contribution < 1.29 is 4.39 Å². The van der Waals surface area contributed by atoms with Gasteiger partial charge in [-0.05, 0) is 18.9 Å². The first kappa shape index (κ1) is 16.4. The van der Waals surface area contributed by atoms with E-state index in [1.807, 2.05) is 0 Å². The lowest BCUT2D eigenvalue weighted by atomic mass is 9.88. The lowest BCUT2D eigenvalue weighted by Gasteiger charge is -2.29. The number of hydrogen-bond donors (Lipinski definition) is 1. The van der Waals surface area contributed by atoms with Crippen LogP contribution in [-0.4, -0.2) is 26.4 Å². The molecular weight excluding hydrogens is 319 g/mol. The highest BCUT2D eigenvalue weighted by Gasteiger charge is 2.24. The monoisotopic (exact) mass is 342 g/mol. The van der Waals surface area contributed by atoms with Crippen molar-refractivity contribution in [2.45, 2.75) is 57.5 Å². The van der Waals surface area contributed by atoms with Crippen LogP contribution in [0.5, 0.6) is 0 Å². The highest BCUT2D eigenvalue weighted by atomic mass is 19.1. The third-order valence-corrected chi connectivity index (χ3v) is 5.41. The Morgan fingerprint density at radius 1 is 1.28 bits per heavy atom. The molecule has 0 bridgehead atoms. The van der Waals surface area contributed by atoms with Gasteiger partial charge in [-0.3, -0.25) is 14.7 Å². The highest BCUT2D eigenvalue weighted by Crippen LogP contribution is 2.30. The highest BCUT2D eigenvalue weighted by molar-refractivity contribution is 5.23. The van der Waals surface area contributed by atoms with Gasteiger partial charge in [-0.25, -0.2) is 9.37 Å². The molecule has 1 aliphatic carbocycles. The van der Waals surface area contributed by atoms with Crippen molar-refractivity contribution >= 4 is 0 Å². The smallest absolute Gasteiger partial charge is 0.255 e. The fraction of sp³-hybridized carbons (Fsp3) is 0.526. The van der Waals surface area contributed by atoms with Gasteiger partial charge in [0, 0.05) is 43.7 Å². The lowest BCUT2D eigenvalue weighted by Crippen LogP contribution is -2.36. The van der Waals surface area contributed by atoms with Crippen LogP contribution in [0.1, 0.15) is 60.7 Å². The van der Waals surface area contributed by atoms with Crippen LogP contribution >= 0.6 is 0 Å². The van der Waals surface area contributed by atoms with Crippen molar-refractivity contribution in [1.29, 1.82) is 0 Å². The number of H-pyrrole nitrogens is 1. The van der Waals surface area contributed by atoms with E-state index in [0.29, 0.717) is 24.6 Å². The van der Waals surface area contributed by atoms with Crippen LogP contribution in [0, 0.1) is 5.82 Å². The van der Waals surface area contributed by atoms with Crippen LogP contribution in [0.25, 0.3) is 0 Å². The maximum atomic E-state index is 13.8.